The Morgan fingerprint density at radius 3 is 2.41 bits per heavy atom. The smallest absolute Gasteiger partial charge is 0.222 e. The van der Waals surface area contributed by atoms with E-state index in [1.807, 2.05) is 11.8 Å². The van der Waals surface area contributed by atoms with E-state index in [2.05, 4.69) is 15.3 Å². The number of aromatic nitrogens is 1. The molecule has 9 heteroatoms. The Morgan fingerprint density at radius 1 is 1.27 bits per heavy atom. The molecule has 0 aliphatic carbocycles. The summed E-state index contributed by atoms with van der Waals surface area (Å²) in [6.07, 6.45) is 1.37. The van der Waals surface area contributed by atoms with Gasteiger partial charge < -0.3 is 10.6 Å². The second-order valence-electron chi connectivity index (χ2n) is 4.91. The summed E-state index contributed by atoms with van der Waals surface area (Å²) in [5.41, 5.74) is 6.58. The molecule has 2 heterocycles. The molecule has 1 aromatic rings. The normalized spacial score (nSPS) is 14.5. The van der Waals surface area contributed by atoms with Crippen LogP contribution in [0.5, 0.6) is 0 Å². The zero-order valence-corrected chi connectivity index (χ0v) is 16.0. The molecule has 1 amide bonds. The number of piperazine rings is 1. The van der Waals surface area contributed by atoms with E-state index in [1.165, 1.54) is 0 Å². The van der Waals surface area contributed by atoms with Crippen LogP contribution < -0.4 is 5.73 Å². The average molecular weight is 392 g/mol. The van der Waals surface area contributed by atoms with Gasteiger partial charge in [0.1, 0.15) is 0 Å². The maximum Gasteiger partial charge on any atom is 0.222 e. The number of thiazole rings is 1. The fourth-order valence-corrected chi connectivity index (χ4v) is 2.88. The fourth-order valence-electron chi connectivity index (χ4n) is 2.28. The molecule has 1 aliphatic rings. The lowest BCUT2D eigenvalue weighted by atomic mass is 10.2. The highest BCUT2D eigenvalue weighted by molar-refractivity contribution is 7.09. The third-order valence-corrected chi connectivity index (χ3v) is 4.19. The van der Waals surface area contributed by atoms with Gasteiger partial charge in [-0.2, -0.15) is 0 Å². The summed E-state index contributed by atoms with van der Waals surface area (Å²) in [7, 11) is 0. The van der Waals surface area contributed by atoms with Crippen LogP contribution in [0, 0.1) is 6.92 Å². The van der Waals surface area contributed by atoms with Crippen molar-refractivity contribution >= 4 is 54.5 Å². The minimum Gasteiger partial charge on any atom is -0.340 e. The highest BCUT2D eigenvalue weighted by Gasteiger charge is 2.20. The van der Waals surface area contributed by atoms with Crippen LogP contribution >= 0.6 is 48.6 Å². The highest BCUT2D eigenvalue weighted by atomic mass is 35.5. The van der Waals surface area contributed by atoms with Crippen LogP contribution in [0.2, 0.25) is 0 Å². The molecule has 1 saturated heterocycles. The summed E-state index contributed by atoms with van der Waals surface area (Å²) in [5.74, 6) is 0.245. The van der Waals surface area contributed by atoms with Gasteiger partial charge in [-0.15, -0.1) is 48.6 Å². The zero-order valence-electron chi connectivity index (χ0n) is 12.7. The maximum absolute atomic E-state index is 11.9. The summed E-state index contributed by atoms with van der Waals surface area (Å²) < 4.78 is 0. The summed E-state index contributed by atoms with van der Waals surface area (Å²) in [5, 5.41) is 3.24. The molecular formula is C13H25Cl3N4OS. The molecule has 5 nitrogen and oxygen atoms in total. The van der Waals surface area contributed by atoms with Crippen molar-refractivity contribution in [1.29, 1.82) is 0 Å². The predicted octanol–water partition coefficient (Wildman–Crippen LogP) is 2.10. The first-order valence-corrected chi connectivity index (χ1v) is 7.68. The zero-order chi connectivity index (χ0) is 13.7. The van der Waals surface area contributed by atoms with Crippen LogP contribution in [0.25, 0.3) is 0 Å². The molecule has 0 radical (unpaired) electrons. The summed E-state index contributed by atoms with van der Waals surface area (Å²) in [4.78, 5) is 20.7. The van der Waals surface area contributed by atoms with Crippen LogP contribution in [0.4, 0.5) is 0 Å². The van der Waals surface area contributed by atoms with Crippen molar-refractivity contribution in [2.45, 2.75) is 26.3 Å². The third kappa shape index (κ3) is 7.44. The first-order chi connectivity index (χ1) is 9.19. The largest absolute Gasteiger partial charge is 0.340 e. The van der Waals surface area contributed by atoms with Gasteiger partial charge in [-0.25, -0.2) is 4.98 Å². The number of aryl methyl sites for hydroxylation is 1. The molecule has 2 N–H and O–H groups in total. The number of hydrogen-bond acceptors (Lipinski definition) is 5. The number of amides is 1. The fraction of sp³-hybridized carbons (Fsp3) is 0.692. The SMILES string of the molecule is Cc1nc(CN2CCN(C(=O)CCCN)CC2)cs1.Cl.Cl.Cl. The molecule has 0 atom stereocenters. The minimum absolute atomic E-state index is 0. The second kappa shape index (κ2) is 12.3. The van der Waals surface area contributed by atoms with Crippen LogP contribution in [-0.4, -0.2) is 53.4 Å². The van der Waals surface area contributed by atoms with Crippen LogP contribution in [0.1, 0.15) is 23.5 Å². The molecule has 1 fully saturated rings. The molecular weight excluding hydrogens is 367 g/mol. The van der Waals surface area contributed by atoms with Crippen LogP contribution in [-0.2, 0) is 11.3 Å². The van der Waals surface area contributed by atoms with Gasteiger partial charge in [-0.05, 0) is 19.9 Å². The number of rotatable bonds is 5. The molecule has 1 aliphatic heterocycles. The van der Waals surface area contributed by atoms with Gasteiger partial charge in [0.05, 0.1) is 10.7 Å². The third-order valence-electron chi connectivity index (χ3n) is 3.37. The molecule has 22 heavy (non-hydrogen) atoms. The van der Waals surface area contributed by atoms with Gasteiger partial charge in [0.15, 0.2) is 0 Å². The van der Waals surface area contributed by atoms with E-state index in [0.29, 0.717) is 13.0 Å². The summed E-state index contributed by atoms with van der Waals surface area (Å²) in [6, 6.07) is 0. The van der Waals surface area contributed by atoms with E-state index in [9.17, 15) is 4.79 Å². The second-order valence-corrected chi connectivity index (χ2v) is 5.97. The Morgan fingerprint density at radius 2 is 1.91 bits per heavy atom. The van der Waals surface area contributed by atoms with Crippen molar-refractivity contribution in [3.63, 3.8) is 0 Å². The molecule has 0 saturated carbocycles. The van der Waals surface area contributed by atoms with Crippen LogP contribution in [0.15, 0.2) is 5.38 Å². The van der Waals surface area contributed by atoms with Crippen LogP contribution in [0.3, 0.4) is 0 Å². The quantitative estimate of drug-likeness (QED) is 0.835. The lowest BCUT2D eigenvalue weighted by molar-refractivity contribution is -0.133. The van der Waals surface area contributed by atoms with E-state index in [4.69, 9.17) is 5.73 Å². The van der Waals surface area contributed by atoms with Crippen molar-refractivity contribution in [3.8, 4) is 0 Å². The number of halogens is 3. The Kier molecular flexibility index (Phi) is 13.5. The van der Waals surface area contributed by atoms with Crippen molar-refractivity contribution in [3.05, 3.63) is 16.1 Å². The molecule has 0 spiro atoms. The lowest BCUT2D eigenvalue weighted by Crippen LogP contribution is -2.48. The number of hydrogen-bond donors (Lipinski definition) is 1. The monoisotopic (exact) mass is 390 g/mol. The van der Waals surface area contributed by atoms with Crippen molar-refractivity contribution in [2.75, 3.05) is 32.7 Å². The minimum atomic E-state index is 0. The standard InChI is InChI=1S/C13H22N4OS.3ClH/c1-11-15-12(10-19-11)9-16-5-7-17(8-6-16)13(18)3-2-4-14;;;/h10H,2-9,14H2,1H3;3*1H. The van der Waals surface area contributed by atoms with Gasteiger partial charge >= 0.3 is 0 Å². The molecule has 0 aromatic carbocycles. The summed E-state index contributed by atoms with van der Waals surface area (Å²) in [6.45, 7) is 7.04. The topological polar surface area (TPSA) is 62.5 Å². The van der Waals surface area contributed by atoms with Crippen molar-refractivity contribution < 1.29 is 4.79 Å². The van der Waals surface area contributed by atoms with Gasteiger partial charge in [0.25, 0.3) is 0 Å². The van der Waals surface area contributed by atoms with E-state index < -0.39 is 0 Å². The molecule has 0 bridgehead atoms. The Labute approximate surface area is 154 Å². The Balaban J connectivity index is 0. The number of nitrogens with zero attached hydrogens (tertiary/aromatic N) is 3. The summed E-state index contributed by atoms with van der Waals surface area (Å²) >= 11 is 1.69. The number of carbonyl (C=O) groups excluding carboxylic acids is 1. The van der Waals surface area contributed by atoms with E-state index >= 15 is 0 Å². The molecule has 2 rings (SSSR count). The van der Waals surface area contributed by atoms with Gasteiger partial charge in [0.2, 0.25) is 5.91 Å². The highest BCUT2D eigenvalue weighted by Crippen LogP contribution is 2.12. The van der Waals surface area contributed by atoms with E-state index in [-0.39, 0.29) is 43.1 Å². The van der Waals surface area contributed by atoms with E-state index in [1.54, 1.807) is 11.3 Å². The lowest BCUT2D eigenvalue weighted by Gasteiger charge is -2.34. The average Bonchev–Trinajstić information content (AvgIpc) is 2.82. The number of carbonyl (C=O) groups is 1. The molecule has 130 valence electrons. The van der Waals surface area contributed by atoms with Crippen molar-refractivity contribution in [1.82, 2.24) is 14.8 Å². The van der Waals surface area contributed by atoms with Gasteiger partial charge in [-0.1, -0.05) is 0 Å². The van der Waals surface area contributed by atoms with E-state index in [0.717, 1.165) is 49.8 Å². The Bertz CT molecular complexity index is 425. The van der Waals surface area contributed by atoms with Gasteiger partial charge in [-0.3, -0.25) is 9.69 Å². The van der Waals surface area contributed by atoms with Gasteiger partial charge in [0, 0.05) is 44.5 Å². The Hall–Kier alpha value is -0.110. The molecule has 0 unspecified atom stereocenters. The molecule has 1 aromatic heterocycles. The first-order valence-electron chi connectivity index (χ1n) is 6.80. The maximum atomic E-state index is 11.9. The predicted molar refractivity (Wildman–Crippen MR) is 98.7 cm³/mol. The first kappa shape index (κ1) is 24.1. The van der Waals surface area contributed by atoms with Crippen molar-refractivity contribution in [2.24, 2.45) is 5.73 Å². The number of nitrogens with two attached hydrogens (primary N) is 1.